The van der Waals surface area contributed by atoms with Crippen LogP contribution in [0.2, 0.25) is 0 Å². The average molecular weight is 414 g/mol. The van der Waals surface area contributed by atoms with Crippen molar-refractivity contribution in [3.63, 3.8) is 0 Å². The van der Waals surface area contributed by atoms with Gasteiger partial charge in [-0.3, -0.25) is 10.2 Å². The van der Waals surface area contributed by atoms with Gasteiger partial charge in [-0.25, -0.2) is 4.98 Å². The molecule has 2 atom stereocenters. The molecule has 0 aliphatic carbocycles. The lowest BCUT2D eigenvalue weighted by molar-refractivity contribution is -0.119. The number of hydrogen-bond donors (Lipinski definition) is 1. The number of hydrogen-bond acceptors (Lipinski definition) is 5. The summed E-state index contributed by atoms with van der Waals surface area (Å²) in [5.74, 6) is 0.267. The summed E-state index contributed by atoms with van der Waals surface area (Å²) < 4.78 is 6.29. The highest BCUT2D eigenvalue weighted by Gasteiger charge is 2.48. The Labute approximate surface area is 178 Å². The lowest BCUT2D eigenvalue weighted by Crippen LogP contribution is -2.28. The van der Waals surface area contributed by atoms with Gasteiger partial charge in [-0.2, -0.15) is 0 Å². The molecule has 5 nitrogen and oxygen atoms in total. The molecule has 0 spiro atoms. The predicted molar refractivity (Wildman–Crippen MR) is 120 cm³/mol. The number of thiazole rings is 1. The first-order chi connectivity index (χ1) is 14.7. The van der Waals surface area contributed by atoms with E-state index in [1.165, 1.54) is 11.3 Å². The van der Waals surface area contributed by atoms with E-state index < -0.39 is 12.0 Å². The number of methoxy groups -OCH3 is 1. The van der Waals surface area contributed by atoms with E-state index in [0.717, 1.165) is 27.2 Å². The van der Waals surface area contributed by atoms with Crippen LogP contribution in [-0.4, -0.2) is 23.7 Å². The molecule has 4 aromatic rings. The van der Waals surface area contributed by atoms with Crippen LogP contribution in [0.4, 0.5) is 5.69 Å². The summed E-state index contributed by atoms with van der Waals surface area (Å²) in [7, 11) is 1.62. The molecular weight excluding hydrogens is 394 g/mol. The van der Waals surface area contributed by atoms with Crippen molar-refractivity contribution >= 4 is 38.9 Å². The Morgan fingerprint density at radius 2 is 1.67 bits per heavy atom. The van der Waals surface area contributed by atoms with Gasteiger partial charge >= 0.3 is 0 Å². The molecule has 0 amide bonds. The summed E-state index contributed by atoms with van der Waals surface area (Å²) in [4.78, 5) is 20.2. The SMILES string of the molecule is COc1ccc(N2C(=N)C(c3nc4ccccc4s3)C(=O)C2c2ccccc2)cc1. The largest absolute Gasteiger partial charge is 0.497 e. The molecule has 1 aliphatic heterocycles. The Hall–Kier alpha value is -3.51. The highest BCUT2D eigenvalue weighted by atomic mass is 32.1. The summed E-state index contributed by atoms with van der Waals surface area (Å²) >= 11 is 1.48. The number of fused-ring (bicyclic) bond motifs is 1. The highest BCUT2D eigenvalue weighted by Crippen LogP contribution is 2.43. The van der Waals surface area contributed by atoms with E-state index >= 15 is 0 Å². The second kappa shape index (κ2) is 7.39. The number of anilines is 1. The number of rotatable bonds is 4. The van der Waals surface area contributed by atoms with Crippen LogP contribution in [0.3, 0.4) is 0 Å². The van der Waals surface area contributed by atoms with Crippen LogP contribution in [0.25, 0.3) is 10.2 Å². The monoisotopic (exact) mass is 413 g/mol. The van der Waals surface area contributed by atoms with Gasteiger partial charge in [-0.1, -0.05) is 42.5 Å². The number of carbonyl (C=O) groups is 1. The van der Waals surface area contributed by atoms with E-state index in [-0.39, 0.29) is 11.6 Å². The van der Waals surface area contributed by atoms with Crippen molar-refractivity contribution in [2.75, 3.05) is 12.0 Å². The molecule has 30 heavy (non-hydrogen) atoms. The predicted octanol–water partition coefficient (Wildman–Crippen LogP) is 5.20. The van der Waals surface area contributed by atoms with Crippen LogP contribution >= 0.6 is 11.3 Å². The first-order valence-electron chi connectivity index (χ1n) is 9.63. The lowest BCUT2D eigenvalue weighted by atomic mass is 9.98. The quantitative estimate of drug-likeness (QED) is 0.500. The third kappa shape index (κ3) is 2.97. The van der Waals surface area contributed by atoms with Crippen molar-refractivity contribution in [3.8, 4) is 5.75 Å². The fourth-order valence-corrected chi connectivity index (χ4v) is 5.01. The Bertz CT molecular complexity index is 1200. The zero-order valence-corrected chi connectivity index (χ0v) is 17.1. The fraction of sp³-hybridized carbons (Fsp3) is 0.125. The number of amidine groups is 1. The zero-order chi connectivity index (χ0) is 20.7. The normalized spacial score (nSPS) is 18.9. The van der Waals surface area contributed by atoms with E-state index in [2.05, 4.69) is 4.98 Å². The summed E-state index contributed by atoms with van der Waals surface area (Å²) in [6.45, 7) is 0. The number of nitrogens with one attached hydrogen (secondary N) is 1. The minimum absolute atomic E-state index is 0.0268. The number of benzene rings is 3. The molecular formula is C24H19N3O2S. The van der Waals surface area contributed by atoms with E-state index in [9.17, 15) is 4.79 Å². The number of Topliss-reactive ketones (excluding diaryl/α,β-unsaturated/α-hetero) is 1. The molecule has 1 aliphatic rings. The van der Waals surface area contributed by atoms with Crippen molar-refractivity contribution in [3.05, 3.63) is 89.4 Å². The highest BCUT2D eigenvalue weighted by molar-refractivity contribution is 7.18. The van der Waals surface area contributed by atoms with Crippen LogP contribution in [-0.2, 0) is 4.79 Å². The zero-order valence-electron chi connectivity index (χ0n) is 16.3. The van der Waals surface area contributed by atoms with E-state index in [0.29, 0.717) is 5.01 Å². The van der Waals surface area contributed by atoms with Crippen LogP contribution in [0.5, 0.6) is 5.75 Å². The van der Waals surface area contributed by atoms with Gasteiger partial charge in [-0.15, -0.1) is 11.3 Å². The van der Waals surface area contributed by atoms with Crippen LogP contribution in [0, 0.1) is 5.41 Å². The van der Waals surface area contributed by atoms with Gasteiger partial charge in [-0.05, 0) is 42.0 Å². The Morgan fingerprint density at radius 1 is 0.967 bits per heavy atom. The smallest absolute Gasteiger partial charge is 0.177 e. The summed E-state index contributed by atoms with van der Waals surface area (Å²) in [5, 5.41) is 9.63. The Balaban J connectivity index is 1.63. The topological polar surface area (TPSA) is 66.3 Å². The van der Waals surface area contributed by atoms with Gasteiger partial charge in [0.25, 0.3) is 0 Å². The first kappa shape index (κ1) is 18.5. The van der Waals surface area contributed by atoms with Crippen LogP contribution in [0.1, 0.15) is 22.5 Å². The van der Waals surface area contributed by atoms with Crippen LogP contribution < -0.4 is 9.64 Å². The van der Waals surface area contributed by atoms with Crippen molar-refractivity contribution in [2.24, 2.45) is 0 Å². The molecule has 0 saturated carbocycles. The van der Waals surface area contributed by atoms with Crippen molar-refractivity contribution in [1.29, 1.82) is 5.41 Å². The molecule has 2 heterocycles. The lowest BCUT2D eigenvalue weighted by Gasteiger charge is -2.25. The molecule has 5 rings (SSSR count). The number of nitrogens with zero attached hydrogens (tertiary/aromatic N) is 2. The first-order valence-corrected chi connectivity index (χ1v) is 10.4. The third-order valence-electron chi connectivity index (χ3n) is 5.37. The van der Waals surface area contributed by atoms with Crippen molar-refractivity contribution < 1.29 is 9.53 Å². The fourth-order valence-electron chi connectivity index (χ4n) is 3.93. The number of para-hydroxylation sites is 1. The molecule has 0 bridgehead atoms. The van der Waals surface area contributed by atoms with Crippen molar-refractivity contribution in [1.82, 2.24) is 4.98 Å². The van der Waals surface area contributed by atoms with E-state index in [1.807, 2.05) is 83.8 Å². The molecule has 1 aromatic heterocycles. The molecule has 1 N–H and O–H groups in total. The maximum absolute atomic E-state index is 13.7. The second-order valence-electron chi connectivity index (χ2n) is 7.12. The molecule has 1 fully saturated rings. The standard InChI is InChI=1S/C24H19N3O2S/c1-29-17-13-11-16(12-14-17)27-21(15-7-3-2-4-8-15)22(28)20(23(27)25)24-26-18-9-5-6-10-19(18)30-24/h2-14,20-21,25H,1H3. The number of carbonyl (C=O) groups excluding carboxylic acids is 1. The van der Waals surface area contributed by atoms with Gasteiger partial charge in [0.1, 0.15) is 28.6 Å². The molecule has 0 radical (unpaired) electrons. The molecule has 6 heteroatoms. The number of ether oxygens (including phenoxy) is 1. The maximum atomic E-state index is 13.7. The third-order valence-corrected chi connectivity index (χ3v) is 6.47. The van der Waals surface area contributed by atoms with Gasteiger partial charge < -0.3 is 9.64 Å². The molecule has 3 aromatic carbocycles. The average Bonchev–Trinajstić information content (AvgIpc) is 3.32. The summed E-state index contributed by atoms with van der Waals surface area (Å²) in [6.07, 6.45) is 0. The second-order valence-corrected chi connectivity index (χ2v) is 8.18. The van der Waals surface area contributed by atoms with E-state index in [4.69, 9.17) is 10.1 Å². The molecule has 148 valence electrons. The summed E-state index contributed by atoms with van der Waals surface area (Å²) in [6, 6.07) is 24.4. The Kier molecular flexibility index (Phi) is 4.56. The number of aromatic nitrogens is 1. The molecule has 1 saturated heterocycles. The van der Waals surface area contributed by atoms with Gasteiger partial charge in [0.15, 0.2) is 5.78 Å². The van der Waals surface area contributed by atoms with Gasteiger partial charge in [0.2, 0.25) is 0 Å². The van der Waals surface area contributed by atoms with Gasteiger partial charge in [0, 0.05) is 5.69 Å². The molecule has 2 unspecified atom stereocenters. The maximum Gasteiger partial charge on any atom is 0.177 e. The van der Waals surface area contributed by atoms with Crippen molar-refractivity contribution in [2.45, 2.75) is 12.0 Å². The minimum Gasteiger partial charge on any atom is -0.497 e. The van der Waals surface area contributed by atoms with Crippen LogP contribution in [0.15, 0.2) is 78.9 Å². The Morgan fingerprint density at radius 3 is 2.37 bits per heavy atom. The number of ketones is 1. The van der Waals surface area contributed by atoms with Gasteiger partial charge in [0.05, 0.1) is 17.3 Å². The van der Waals surface area contributed by atoms with E-state index in [1.54, 1.807) is 7.11 Å². The minimum atomic E-state index is -0.685. The summed E-state index contributed by atoms with van der Waals surface area (Å²) in [5.41, 5.74) is 2.51.